The number of aliphatic hydroxyl groups is 1. The first-order valence-electron chi connectivity index (χ1n) is 3.92. The zero-order valence-electron chi connectivity index (χ0n) is 7.18. The van der Waals surface area contributed by atoms with Crippen molar-refractivity contribution in [2.24, 2.45) is 0 Å². The second kappa shape index (κ2) is 4.69. The van der Waals surface area contributed by atoms with Gasteiger partial charge in [-0.2, -0.15) is 0 Å². The van der Waals surface area contributed by atoms with Crippen molar-refractivity contribution in [1.29, 1.82) is 0 Å². The Morgan fingerprint density at radius 2 is 2.00 bits per heavy atom. The maximum absolute atomic E-state index is 9.47. The molecule has 1 atom stereocenters. The second-order valence-corrected chi connectivity index (χ2v) is 2.80. The van der Waals surface area contributed by atoms with Gasteiger partial charge in [0, 0.05) is 13.2 Å². The lowest BCUT2D eigenvalue weighted by Gasteiger charge is -2.20. The maximum Gasteiger partial charge on any atom is 0.0639 e. The SMILES string of the molecule is CCOCCC(C)(O)CC. The van der Waals surface area contributed by atoms with Gasteiger partial charge >= 0.3 is 0 Å². The van der Waals surface area contributed by atoms with Crippen LogP contribution >= 0.6 is 0 Å². The molecule has 0 rings (SSSR count). The second-order valence-electron chi connectivity index (χ2n) is 2.80. The summed E-state index contributed by atoms with van der Waals surface area (Å²) in [4.78, 5) is 0. The summed E-state index contributed by atoms with van der Waals surface area (Å²) >= 11 is 0. The topological polar surface area (TPSA) is 29.5 Å². The summed E-state index contributed by atoms with van der Waals surface area (Å²) in [5.74, 6) is 0. The van der Waals surface area contributed by atoms with Gasteiger partial charge in [0.2, 0.25) is 0 Å². The molecular formula is C8H18O2. The van der Waals surface area contributed by atoms with E-state index in [0.29, 0.717) is 6.61 Å². The van der Waals surface area contributed by atoms with E-state index >= 15 is 0 Å². The van der Waals surface area contributed by atoms with Gasteiger partial charge < -0.3 is 9.84 Å². The van der Waals surface area contributed by atoms with E-state index < -0.39 is 5.60 Å². The molecule has 2 nitrogen and oxygen atoms in total. The maximum atomic E-state index is 9.47. The van der Waals surface area contributed by atoms with Crippen LogP contribution in [0.25, 0.3) is 0 Å². The van der Waals surface area contributed by atoms with E-state index in [1.54, 1.807) is 0 Å². The standard InChI is InChI=1S/C8H18O2/c1-4-8(3,9)6-7-10-5-2/h9H,4-7H2,1-3H3. The largest absolute Gasteiger partial charge is 0.390 e. The summed E-state index contributed by atoms with van der Waals surface area (Å²) in [5, 5.41) is 9.47. The molecule has 0 saturated heterocycles. The molecule has 1 unspecified atom stereocenters. The number of ether oxygens (including phenoxy) is 1. The zero-order chi connectivity index (χ0) is 8.04. The lowest BCUT2D eigenvalue weighted by molar-refractivity contribution is 0.0138. The molecule has 0 aromatic carbocycles. The first-order valence-corrected chi connectivity index (χ1v) is 3.92. The Kier molecular flexibility index (Phi) is 4.65. The van der Waals surface area contributed by atoms with Crippen molar-refractivity contribution >= 4 is 0 Å². The van der Waals surface area contributed by atoms with Crippen LogP contribution in [0.2, 0.25) is 0 Å². The average molecular weight is 146 g/mol. The smallest absolute Gasteiger partial charge is 0.0639 e. The van der Waals surface area contributed by atoms with E-state index in [2.05, 4.69) is 0 Å². The van der Waals surface area contributed by atoms with Crippen LogP contribution in [0.1, 0.15) is 33.6 Å². The summed E-state index contributed by atoms with van der Waals surface area (Å²) in [7, 11) is 0. The summed E-state index contributed by atoms with van der Waals surface area (Å²) < 4.78 is 5.11. The predicted octanol–water partition coefficient (Wildman–Crippen LogP) is 1.57. The lowest BCUT2D eigenvalue weighted by atomic mass is 10.0. The number of hydrogen-bond donors (Lipinski definition) is 1. The highest BCUT2D eigenvalue weighted by atomic mass is 16.5. The van der Waals surface area contributed by atoms with Crippen LogP contribution in [0, 0.1) is 0 Å². The molecule has 0 amide bonds. The molecule has 0 radical (unpaired) electrons. The number of hydrogen-bond acceptors (Lipinski definition) is 2. The Balaban J connectivity index is 3.28. The van der Waals surface area contributed by atoms with Crippen LogP contribution in [0.4, 0.5) is 0 Å². The fraction of sp³-hybridized carbons (Fsp3) is 1.00. The third-order valence-electron chi connectivity index (χ3n) is 1.75. The molecule has 1 N–H and O–H groups in total. The molecule has 0 aliphatic rings. The molecule has 10 heavy (non-hydrogen) atoms. The van der Waals surface area contributed by atoms with Crippen molar-refractivity contribution in [1.82, 2.24) is 0 Å². The third kappa shape index (κ3) is 4.77. The van der Waals surface area contributed by atoms with Gasteiger partial charge in [0.15, 0.2) is 0 Å². The van der Waals surface area contributed by atoms with E-state index in [1.165, 1.54) is 0 Å². The molecule has 0 aliphatic carbocycles. The molecular weight excluding hydrogens is 128 g/mol. The van der Waals surface area contributed by atoms with E-state index in [9.17, 15) is 5.11 Å². The van der Waals surface area contributed by atoms with E-state index in [1.807, 2.05) is 20.8 Å². The van der Waals surface area contributed by atoms with Crippen molar-refractivity contribution in [3.63, 3.8) is 0 Å². The summed E-state index contributed by atoms with van der Waals surface area (Å²) in [6.45, 7) is 7.18. The average Bonchev–Trinajstić information content (AvgIpc) is 1.89. The highest BCUT2D eigenvalue weighted by Crippen LogP contribution is 2.12. The van der Waals surface area contributed by atoms with Crippen LogP contribution in [-0.2, 0) is 4.74 Å². The van der Waals surface area contributed by atoms with Crippen LogP contribution in [0.15, 0.2) is 0 Å². The molecule has 2 heteroatoms. The van der Waals surface area contributed by atoms with Crippen molar-refractivity contribution in [2.75, 3.05) is 13.2 Å². The summed E-state index contributed by atoms with van der Waals surface area (Å²) in [6.07, 6.45) is 1.53. The molecule has 0 spiro atoms. The molecule has 62 valence electrons. The molecule has 0 saturated carbocycles. The van der Waals surface area contributed by atoms with Crippen LogP contribution in [0.3, 0.4) is 0 Å². The molecule has 0 heterocycles. The van der Waals surface area contributed by atoms with Gasteiger partial charge in [-0.15, -0.1) is 0 Å². The minimum atomic E-state index is -0.533. The molecule has 0 aromatic rings. The fourth-order valence-electron chi connectivity index (χ4n) is 0.613. The Morgan fingerprint density at radius 1 is 1.40 bits per heavy atom. The van der Waals surface area contributed by atoms with E-state index in [0.717, 1.165) is 19.4 Å². The van der Waals surface area contributed by atoms with Crippen molar-refractivity contribution in [2.45, 2.75) is 39.2 Å². The normalized spacial score (nSPS) is 16.8. The molecule has 0 aliphatic heterocycles. The van der Waals surface area contributed by atoms with Crippen molar-refractivity contribution < 1.29 is 9.84 Å². The Labute approximate surface area is 63.2 Å². The van der Waals surface area contributed by atoms with E-state index in [4.69, 9.17) is 4.74 Å². The molecule has 0 aromatic heterocycles. The predicted molar refractivity (Wildman–Crippen MR) is 42.0 cm³/mol. The Hall–Kier alpha value is -0.0800. The first-order chi connectivity index (χ1) is 4.62. The summed E-state index contributed by atoms with van der Waals surface area (Å²) in [5.41, 5.74) is -0.533. The van der Waals surface area contributed by atoms with Gasteiger partial charge in [0.25, 0.3) is 0 Å². The monoisotopic (exact) mass is 146 g/mol. The van der Waals surface area contributed by atoms with Crippen molar-refractivity contribution in [3.8, 4) is 0 Å². The zero-order valence-corrected chi connectivity index (χ0v) is 7.18. The molecule has 0 bridgehead atoms. The van der Waals surface area contributed by atoms with Crippen LogP contribution < -0.4 is 0 Å². The number of rotatable bonds is 5. The third-order valence-corrected chi connectivity index (χ3v) is 1.75. The van der Waals surface area contributed by atoms with Gasteiger partial charge in [-0.05, 0) is 26.7 Å². The van der Waals surface area contributed by atoms with E-state index in [-0.39, 0.29) is 0 Å². The lowest BCUT2D eigenvalue weighted by Crippen LogP contribution is -2.24. The minimum absolute atomic E-state index is 0.533. The Bertz CT molecular complexity index is 79.3. The fourth-order valence-corrected chi connectivity index (χ4v) is 0.613. The van der Waals surface area contributed by atoms with Gasteiger partial charge in [-0.1, -0.05) is 6.92 Å². The quantitative estimate of drug-likeness (QED) is 0.597. The minimum Gasteiger partial charge on any atom is -0.390 e. The van der Waals surface area contributed by atoms with Crippen LogP contribution in [0.5, 0.6) is 0 Å². The highest BCUT2D eigenvalue weighted by Gasteiger charge is 2.16. The first kappa shape index (κ1) is 9.92. The van der Waals surface area contributed by atoms with Gasteiger partial charge in [-0.25, -0.2) is 0 Å². The van der Waals surface area contributed by atoms with Crippen molar-refractivity contribution in [3.05, 3.63) is 0 Å². The van der Waals surface area contributed by atoms with Gasteiger partial charge in [0.1, 0.15) is 0 Å². The van der Waals surface area contributed by atoms with Crippen LogP contribution in [-0.4, -0.2) is 23.9 Å². The van der Waals surface area contributed by atoms with Gasteiger partial charge in [0.05, 0.1) is 5.60 Å². The van der Waals surface area contributed by atoms with Gasteiger partial charge in [-0.3, -0.25) is 0 Å². The summed E-state index contributed by atoms with van der Waals surface area (Å²) in [6, 6.07) is 0. The Morgan fingerprint density at radius 3 is 2.40 bits per heavy atom. The highest BCUT2D eigenvalue weighted by molar-refractivity contribution is 4.68. The molecule has 0 fully saturated rings.